The molecule has 1 saturated heterocycles. The van der Waals surface area contributed by atoms with Crippen LogP contribution in [0.15, 0.2) is 42.7 Å². The Morgan fingerprint density at radius 3 is 2.58 bits per heavy atom. The molecule has 1 unspecified atom stereocenters. The number of nitrogens with one attached hydrogen (secondary N) is 1. The number of carboxylic acids is 1. The van der Waals surface area contributed by atoms with E-state index in [0.29, 0.717) is 45.9 Å². The van der Waals surface area contributed by atoms with Crippen molar-refractivity contribution in [2.24, 2.45) is 5.92 Å². The summed E-state index contributed by atoms with van der Waals surface area (Å²) in [6, 6.07) is 9.58. The number of carboxylic acid groups (broad SMARTS) is 1. The molecule has 4 rings (SSSR count). The molecule has 3 heterocycles. The molecule has 2 atom stereocenters. The average molecular weight is 588 g/mol. The molecule has 0 amide bonds. The molecule has 1 aromatic carbocycles. The van der Waals surface area contributed by atoms with Crippen LogP contribution in [0.1, 0.15) is 38.7 Å². The van der Waals surface area contributed by atoms with Gasteiger partial charge in [0.2, 0.25) is 11.8 Å². The Kier molecular flexibility index (Phi) is 10.6. The lowest BCUT2D eigenvalue weighted by Gasteiger charge is -2.31. The van der Waals surface area contributed by atoms with Crippen molar-refractivity contribution in [1.29, 1.82) is 0 Å². The molecule has 0 aliphatic carbocycles. The Morgan fingerprint density at radius 2 is 1.93 bits per heavy atom. The lowest BCUT2D eigenvalue weighted by Crippen LogP contribution is -2.49. The summed E-state index contributed by atoms with van der Waals surface area (Å²) in [4.78, 5) is 29.3. The molecule has 1 aliphatic rings. The van der Waals surface area contributed by atoms with Gasteiger partial charge in [-0.3, -0.25) is 4.79 Å². The van der Waals surface area contributed by atoms with Crippen molar-refractivity contribution in [2.45, 2.75) is 45.7 Å². The largest absolute Gasteiger partial charge is 0.481 e. The van der Waals surface area contributed by atoms with Gasteiger partial charge in [0.25, 0.3) is 0 Å². The maximum atomic E-state index is 11.2. The Balaban J connectivity index is 1.53. The van der Waals surface area contributed by atoms with E-state index in [0.717, 1.165) is 50.1 Å². The van der Waals surface area contributed by atoms with Crippen LogP contribution in [-0.4, -0.2) is 70.2 Å². The number of pyridine rings is 1. The summed E-state index contributed by atoms with van der Waals surface area (Å²) in [7, 11) is 2.02. The molecule has 9 nitrogen and oxygen atoms in total. The van der Waals surface area contributed by atoms with Crippen molar-refractivity contribution in [3.05, 3.63) is 58.3 Å². The van der Waals surface area contributed by atoms with Gasteiger partial charge >= 0.3 is 5.97 Å². The molecule has 1 fully saturated rings. The number of anilines is 1. The molecule has 0 bridgehead atoms. The fraction of sp³-hybridized carbons (Fsp3) is 0.448. The molecule has 1 aliphatic heterocycles. The van der Waals surface area contributed by atoms with Crippen molar-refractivity contribution < 1.29 is 14.6 Å². The number of aromatic nitrogens is 3. The number of halogens is 2. The summed E-state index contributed by atoms with van der Waals surface area (Å²) in [6.45, 7) is 8.15. The van der Waals surface area contributed by atoms with Crippen LogP contribution in [0.5, 0.6) is 11.6 Å². The second-order valence-electron chi connectivity index (χ2n) is 10.4. The standard InChI is InChI=1S/C29H36Cl2N6O3/c1-4-20(11-28(38)39)5-7-36(3)18-21-9-26(22-12-23(30)14-24(31)13-22)35-27(10-21)40-25-15-33-29(34-16-25)37-8-6-32-19(2)17-37/h9-10,12-16,19-20,32H,4-8,11,17-18H2,1-3H3,(H,38,39)/t19-,20?/m0/s1. The zero-order valence-electron chi connectivity index (χ0n) is 23.1. The Bertz CT molecular complexity index is 1270. The van der Waals surface area contributed by atoms with Gasteiger partial charge in [-0.1, -0.05) is 36.5 Å². The third-order valence-corrected chi connectivity index (χ3v) is 7.36. The predicted octanol–water partition coefficient (Wildman–Crippen LogP) is 5.76. The molecule has 40 heavy (non-hydrogen) atoms. The second kappa shape index (κ2) is 14.1. The second-order valence-corrected chi connectivity index (χ2v) is 11.3. The number of rotatable bonds is 12. The number of ether oxygens (including phenoxy) is 1. The molecule has 214 valence electrons. The number of aliphatic carboxylic acids is 1. The molecule has 3 aromatic rings. The van der Waals surface area contributed by atoms with Crippen molar-refractivity contribution in [3.63, 3.8) is 0 Å². The molecule has 2 N–H and O–H groups in total. The number of piperazine rings is 1. The fourth-order valence-corrected chi connectivity index (χ4v) is 5.33. The van der Waals surface area contributed by atoms with Gasteiger partial charge in [0.15, 0.2) is 5.75 Å². The maximum Gasteiger partial charge on any atom is 0.303 e. The van der Waals surface area contributed by atoms with Crippen LogP contribution in [0.2, 0.25) is 10.0 Å². The smallest absolute Gasteiger partial charge is 0.303 e. The first kappa shape index (κ1) is 30.0. The maximum absolute atomic E-state index is 11.2. The number of nitrogens with zero attached hydrogens (tertiary/aromatic N) is 5. The molecule has 0 radical (unpaired) electrons. The van der Waals surface area contributed by atoms with Crippen LogP contribution in [0.3, 0.4) is 0 Å². The van der Waals surface area contributed by atoms with E-state index < -0.39 is 5.97 Å². The first-order valence-electron chi connectivity index (χ1n) is 13.5. The molecule has 11 heteroatoms. The van der Waals surface area contributed by atoms with Crippen molar-refractivity contribution >= 4 is 35.1 Å². The van der Waals surface area contributed by atoms with E-state index in [1.165, 1.54) is 0 Å². The number of hydrogen-bond donors (Lipinski definition) is 2. The first-order valence-corrected chi connectivity index (χ1v) is 14.3. The van der Waals surface area contributed by atoms with E-state index in [4.69, 9.17) is 38.0 Å². The monoisotopic (exact) mass is 586 g/mol. The SMILES string of the molecule is CCC(CCN(C)Cc1cc(Oc2cnc(N3CCN[C@@H](C)C3)nc2)nc(-c2cc(Cl)cc(Cl)c2)c1)CC(=O)O. The van der Waals surface area contributed by atoms with Crippen LogP contribution in [-0.2, 0) is 11.3 Å². The van der Waals surface area contributed by atoms with E-state index >= 15 is 0 Å². The summed E-state index contributed by atoms with van der Waals surface area (Å²) in [5.41, 5.74) is 2.44. The van der Waals surface area contributed by atoms with Crippen molar-refractivity contribution in [3.8, 4) is 22.9 Å². The third kappa shape index (κ3) is 8.76. The van der Waals surface area contributed by atoms with Gasteiger partial charge in [-0.05, 0) is 62.7 Å². The summed E-state index contributed by atoms with van der Waals surface area (Å²) in [5.74, 6) is 0.954. The zero-order chi connectivity index (χ0) is 28.6. The van der Waals surface area contributed by atoms with Gasteiger partial charge < -0.3 is 25.0 Å². The lowest BCUT2D eigenvalue weighted by molar-refractivity contribution is -0.138. The van der Waals surface area contributed by atoms with Gasteiger partial charge in [0.05, 0.1) is 18.1 Å². The van der Waals surface area contributed by atoms with Crippen LogP contribution in [0.4, 0.5) is 5.95 Å². The Morgan fingerprint density at radius 1 is 1.20 bits per heavy atom. The first-order chi connectivity index (χ1) is 19.2. The number of carbonyl (C=O) groups is 1. The van der Waals surface area contributed by atoms with Crippen LogP contribution < -0.4 is 15.0 Å². The fourth-order valence-electron chi connectivity index (χ4n) is 4.80. The highest BCUT2D eigenvalue weighted by atomic mass is 35.5. The summed E-state index contributed by atoms with van der Waals surface area (Å²) in [5, 5.41) is 13.6. The highest BCUT2D eigenvalue weighted by molar-refractivity contribution is 6.35. The topological polar surface area (TPSA) is 104 Å². The zero-order valence-corrected chi connectivity index (χ0v) is 24.6. The highest BCUT2D eigenvalue weighted by Crippen LogP contribution is 2.30. The van der Waals surface area contributed by atoms with E-state index in [2.05, 4.69) is 32.0 Å². The minimum Gasteiger partial charge on any atom is -0.481 e. The minimum absolute atomic E-state index is 0.146. The van der Waals surface area contributed by atoms with E-state index in [9.17, 15) is 4.79 Å². The molecule has 0 spiro atoms. The lowest BCUT2D eigenvalue weighted by atomic mass is 9.98. The van der Waals surface area contributed by atoms with Crippen LogP contribution in [0, 0.1) is 5.92 Å². The van der Waals surface area contributed by atoms with E-state index in [1.807, 2.05) is 38.2 Å². The van der Waals surface area contributed by atoms with Crippen molar-refractivity contribution in [2.75, 3.05) is 38.1 Å². The number of hydrogen-bond acceptors (Lipinski definition) is 8. The van der Waals surface area contributed by atoms with Gasteiger partial charge in [-0.2, -0.15) is 0 Å². The molecule has 0 saturated carbocycles. The molecular weight excluding hydrogens is 551 g/mol. The van der Waals surface area contributed by atoms with Gasteiger partial charge in [-0.25, -0.2) is 15.0 Å². The normalized spacial score (nSPS) is 16.2. The summed E-state index contributed by atoms with van der Waals surface area (Å²) < 4.78 is 6.13. The highest BCUT2D eigenvalue weighted by Gasteiger charge is 2.18. The van der Waals surface area contributed by atoms with Crippen LogP contribution in [0.25, 0.3) is 11.3 Å². The Hall–Kier alpha value is -2.98. The Labute approximate surface area is 245 Å². The quantitative estimate of drug-likeness (QED) is 0.274. The van der Waals surface area contributed by atoms with E-state index in [-0.39, 0.29) is 12.3 Å². The molecule has 2 aromatic heterocycles. The summed E-state index contributed by atoms with van der Waals surface area (Å²) >= 11 is 12.6. The summed E-state index contributed by atoms with van der Waals surface area (Å²) in [6.07, 6.45) is 5.16. The molecular formula is C29H36Cl2N6O3. The minimum atomic E-state index is -0.755. The van der Waals surface area contributed by atoms with Crippen molar-refractivity contribution in [1.82, 2.24) is 25.2 Å². The third-order valence-electron chi connectivity index (χ3n) is 6.92. The van der Waals surface area contributed by atoms with Gasteiger partial charge in [0.1, 0.15) is 0 Å². The van der Waals surface area contributed by atoms with Gasteiger partial charge in [0, 0.05) is 60.3 Å². The van der Waals surface area contributed by atoms with E-state index in [1.54, 1.807) is 18.5 Å². The predicted molar refractivity (Wildman–Crippen MR) is 158 cm³/mol. The van der Waals surface area contributed by atoms with Gasteiger partial charge in [-0.15, -0.1) is 0 Å². The van der Waals surface area contributed by atoms with Crippen LogP contribution >= 0.6 is 23.2 Å². The average Bonchev–Trinajstić information content (AvgIpc) is 2.90. The number of benzene rings is 1.